The second kappa shape index (κ2) is 7.65. The third kappa shape index (κ3) is 3.89. The molecule has 1 aromatic carbocycles. The molecule has 0 saturated heterocycles. The lowest BCUT2D eigenvalue weighted by molar-refractivity contribution is 0.282. The van der Waals surface area contributed by atoms with Crippen LogP contribution in [0, 0.1) is 5.92 Å². The Hall–Kier alpha value is -0.730. The van der Waals surface area contributed by atoms with Gasteiger partial charge in [-0.2, -0.15) is 0 Å². The molecule has 0 aliphatic rings. The maximum absolute atomic E-state index is 9.10. The molecule has 0 aliphatic carbocycles. The lowest BCUT2D eigenvalue weighted by Crippen LogP contribution is -2.29. The fourth-order valence-corrected chi connectivity index (χ4v) is 2.48. The number of anilines is 1. The third-order valence-electron chi connectivity index (χ3n) is 3.55. The molecule has 0 amide bonds. The third-order valence-corrected chi connectivity index (χ3v) is 3.85. The van der Waals surface area contributed by atoms with E-state index < -0.39 is 0 Å². The minimum atomic E-state index is 0.0403. The molecule has 102 valence electrons. The molecule has 0 aliphatic heterocycles. The molecule has 0 aromatic heterocycles. The summed E-state index contributed by atoms with van der Waals surface area (Å²) in [7, 11) is 0. The first kappa shape index (κ1) is 15.3. The fourth-order valence-electron chi connectivity index (χ4n) is 2.16. The molecular weight excluding hydrogens is 246 g/mol. The van der Waals surface area contributed by atoms with Crippen molar-refractivity contribution in [1.82, 2.24) is 0 Å². The molecule has 0 radical (unpaired) electrons. The normalized spacial score (nSPS) is 11.0. The summed E-state index contributed by atoms with van der Waals surface area (Å²) in [5.74, 6) is 0.707. The molecular formula is C15H24ClNO. The van der Waals surface area contributed by atoms with E-state index in [2.05, 4.69) is 25.7 Å². The van der Waals surface area contributed by atoms with Crippen LogP contribution in [-0.2, 0) is 6.61 Å². The summed E-state index contributed by atoms with van der Waals surface area (Å²) in [6.45, 7) is 8.66. The summed E-state index contributed by atoms with van der Waals surface area (Å²) >= 11 is 6.30. The highest BCUT2D eigenvalue weighted by Gasteiger charge is 2.13. The van der Waals surface area contributed by atoms with Gasteiger partial charge in [0.05, 0.1) is 17.3 Å². The zero-order chi connectivity index (χ0) is 13.5. The summed E-state index contributed by atoms with van der Waals surface area (Å²) in [6, 6.07) is 5.81. The molecule has 0 saturated carbocycles. The van der Waals surface area contributed by atoms with E-state index >= 15 is 0 Å². The van der Waals surface area contributed by atoms with Gasteiger partial charge in [0.1, 0.15) is 0 Å². The molecule has 0 bridgehead atoms. The number of aliphatic hydroxyl groups is 1. The Bertz CT molecular complexity index is 364. The van der Waals surface area contributed by atoms with Crippen LogP contribution in [0.2, 0.25) is 5.02 Å². The van der Waals surface area contributed by atoms with E-state index in [0.717, 1.165) is 29.4 Å². The lowest BCUT2D eigenvalue weighted by atomic mass is 10.0. The van der Waals surface area contributed by atoms with Gasteiger partial charge in [-0.05, 0) is 30.5 Å². The van der Waals surface area contributed by atoms with E-state index in [1.165, 1.54) is 12.8 Å². The van der Waals surface area contributed by atoms with Crippen molar-refractivity contribution >= 4 is 17.3 Å². The Morgan fingerprint density at radius 1 is 1.22 bits per heavy atom. The van der Waals surface area contributed by atoms with Crippen LogP contribution in [0.4, 0.5) is 5.69 Å². The quantitative estimate of drug-likeness (QED) is 0.806. The first-order chi connectivity index (χ1) is 8.65. The van der Waals surface area contributed by atoms with E-state index in [1.54, 1.807) is 0 Å². The number of benzene rings is 1. The van der Waals surface area contributed by atoms with Crippen LogP contribution in [0.1, 0.15) is 39.2 Å². The predicted octanol–water partition coefficient (Wildman–Crippen LogP) is 4.09. The van der Waals surface area contributed by atoms with Crippen molar-refractivity contribution < 1.29 is 5.11 Å². The standard InChI is InChI=1S/C15H24ClNO/c1-4-12(5-2)10-17(6-3)15-8-7-13(11-18)9-14(15)16/h7-9,12,18H,4-6,10-11H2,1-3H3. The highest BCUT2D eigenvalue weighted by atomic mass is 35.5. The largest absolute Gasteiger partial charge is 0.392 e. The van der Waals surface area contributed by atoms with Crippen LogP contribution in [-0.4, -0.2) is 18.2 Å². The number of hydrogen-bond donors (Lipinski definition) is 1. The molecule has 0 spiro atoms. The Morgan fingerprint density at radius 2 is 1.89 bits per heavy atom. The number of hydrogen-bond acceptors (Lipinski definition) is 2. The molecule has 3 heteroatoms. The van der Waals surface area contributed by atoms with Gasteiger partial charge in [-0.1, -0.05) is 44.4 Å². The van der Waals surface area contributed by atoms with Crippen LogP contribution in [0.5, 0.6) is 0 Å². The van der Waals surface area contributed by atoms with Gasteiger partial charge < -0.3 is 10.0 Å². The van der Waals surface area contributed by atoms with Crippen molar-refractivity contribution in [3.63, 3.8) is 0 Å². The van der Waals surface area contributed by atoms with Gasteiger partial charge >= 0.3 is 0 Å². The molecule has 0 atom stereocenters. The Kier molecular flexibility index (Phi) is 6.51. The van der Waals surface area contributed by atoms with Crippen molar-refractivity contribution in [2.45, 2.75) is 40.2 Å². The van der Waals surface area contributed by atoms with Gasteiger partial charge in [-0.25, -0.2) is 0 Å². The number of aliphatic hydroxyl groups excluding tert-OH is 1. The van der Waals surface area contributed by atoms with E-state index in [0.29, 0.717) is 5.92 Å². The average molecular weight is 270 g/mol. The van der Waals surface area contributed by atoms with Crippen molar-refractivity contribution in [2.24, 2.45) is 5.92 Å². The molecule has 18 heavy (non-hydrogen) atoms. The summed E-state index contributed by atoms with van der Waals surface area (Å²) in [4.78, 5) is 2.32. The molecule has 0 unspecified atom stereocenters. The maximum Gasteiger partial charge on any atom is 0.0682 e. The number of rotatable bonds is 7. The van der Waals surface area contributed by atoms with Crippen molar-refractivity contribution in [1.29, 1.82) is 0 Å². The van der Waals surface area contributed by atoms with Gasteiger partial charge in [0.2, 0.25) is 0 Å². The van der Waals surface area contributed by atoms with Gasteiger partial charge in [0.15, 0.2) is 0 Å². The van der Waals surface area contributed by atoms with E-state index in [9.17, 15) is 0 Å². The molecule has 1 rings (SSSR count). The van der Waals surface area contributed by atoms with E-state index in [4.69, 9.17) is 16.7 Å². The van der Waals surface area contributed by atoms with Crippen LogP contribution in [0.25, 0.3) is 0 Å². The van der Waals surface area contributed by atoms with Crippen LogP contribution >= 0.6 is 11.6 Å². The fraction of sp³-hybridized carbons (Fsp3) is 0.600. The lowest BCUT2D eigenvalue weighted by Gasteiger charge is -2.28. The van der Waals surface area contributed by atoms with Crippen molar-refractivity contribution in [2.75, 3.05) is 18.0 Å². The van der Waals surface area contributed by atoms with Crippen LogP contribution in [0.15, 0.2) is 18.2 Å². The highest BCUT2D eigenvalue weighted by Crippen LogP contribution is 2.28. The second-order valence-electron chi connectivity index (χ2n) is 4.67. The second-order valence-corrected chi connectivity index (χ2v) is 5.07. The molecule has 1 aromatic rings. The summed E-state index contributed by atoms with van der Waals surface area (Å²) in [5.41, 5.74) is 1.94. The average Bonchev–Trinajstić information content (AvgIpc) is 2.41. The van der Waals surface area contributed by atoms with Crippen molar-refractivity contribution in [3.05, 3.63) is 28.8 Å². The summed E-state index contributed by atoms with van der Waals surface area (Å²) < 4.78 is 0. The van der Waals surface area contributed by atoms with Gasteiger partial charge in [0.25, 0.3) is 0 Å². The van der Waals surface area contributed by atoms with Gasteiger partial charge in [-0.15, -0.1) is 0 Å². The van der Waals surface area contributed by atoms with Gasteiger partial charge in [0, 0.05) is 13.1 Å². The number of nitrogens with zero attached hydrogens (tertiary/aromatic N) is 1. The molecule has 0 heterocycles. The highest BCUT2D eigenvalue weighted by molar-refractivity contribution is 6.33. The topological polar surface area (TPSA) is 23.5 Å². The van der Waals surface area contributed by atoms with E-state index in [1.807, 2.05) is 18.2 Å². The minimum Gasteiger partial charge on any atom is -0.392 e. The van der Waals surface area contributed by atoms with E-state index in [-0.39, 0.29) is 6.61 Å². The first-order valence-corrected chi connectivity index (χ1v) is 7.18. The zero-order valence-electron chi connectivity index (χ0n) is 11.6. The molecule has 1 N–H and O–H groups in total. The maximum atomic E-state index is 9.10. The SMILES string of the molecule is CCC(CC)CN(CC)c1ccc(CO)cc1Cl. The number of halogens is 1. The first-order valence-electron chi connectivity index (χ1n) is 6.80. The van der Waals surface area contributed by atoms with Crippen LogP contribution < -0.4 is 4.90 Å². The molecule has 0 fully saturated rings. The monoisotopic (exact) mass is 269 g/mol. The summed E-state index contributed by atoms with van der Waals surface area (Å²) in [5, 5.41) is 9.83. The Balaban J connectivity index is 2.87. The Morgan fingerprint density at radius 3 is 2.33 bits per heavy atom. The predicted molar refractivity (Wildman–Crippen MR) is 79.3 cm³/mol. The Labute approximate surface area is 116 Å². The van der Waals surface area contributed by atoms with Gasteiger partial charge in [-0.3, -0.25) is 0 Å². The zero-order valence-corrected chi connectivity index (χ0v) is 12.4. The smallest absolute Gasteiger partial charge is 0.0682 e. The van der Waals surface area contributed by atoms with Crippen LogP contribution in [0.3, 0.4) is 0 Å². The molecule has 2 nitrogen and oxygen atoms in total. The summed E-state index contributed by atoms with van der Waals surface area (Å²) in [6.07, 6.45) is 2.39. The minimum absolute atomic E-state index is 0.0403. The van der Waals surface area contributed by atoms with Crippen molar-refractivity contribution in [3.8, 4) is 0 Å².